The molecule has 29 heavy (non-hydrogen) atoms. The minimum atomic E-state index is 0.187. The van der Waals surface area contributed by atoms with Crippen molar-refractivity contribution < 1.29 is 9.47 Å². The summed E-state index contributed by atoms with van der Waals surface area (Å²) in [6.07, 6.45) is 0. The van der Waals surface area contributed by atoms with Crippen LogP contribution in [0.15, 0.2) is 72.8 Å². The van der Waals surface area contributed by atoms with Crippen molar-refractivity contribution >= 4 is 0 Å². The van der Waals surface area contributed by atoms with Crippen molar-refractivity contribution in [3.8, 4) is 34.9 Å². The quantitative estimate of drug-likeness (QED) is 0.420. The average molecular weight is 383 g/mol. The maximum absolute atomic E-state index is 5.88. The van der Waals surface area contributed by atoms with Crippen LogP contribution in [0, 0.1) is 20.8 Å². The molecule has 4 rings (SSSR count). The number of benzene rings is 3. The second kappa shape index (κ2) is 8.10. The van der Waals surface area contributed by atoms with Crippen LogP contribution in [0.3, 0.4) is 0 Å². The van der Waals surface area contributed by atoms with E-state index in [1.807, 2.05) is 60.7 Å². The van der Waals surface area contributed by atoms with E-state index in [4.69, 9.17) is 9.47 Å². The van der Waals surface area contributed by atoms with Crippen molar-refractivity contribution in [2.24, 2.45) is 0 Å². The highest BCUT2D eigenvalue weighted by Gasteiger charge is 2.16. The smallest absolute Gasteiger partial charge is 0.328 e. The fourth-order valence-corrected chi connectivity index (χ4v) is 3.26. The molecular weight excluding hydrogens is 362 g/mol. The van der Waals surface area contributed by atoms with Crippen molar-refractivity contribution in [1.82, 2.24) is 15.0 Å². The molecule has 144 valence electrons. The van der Waals surface area contributed by atoms with Crippen molar-refractivity contribution in [3.05, 3.63) is 89.5 Å². The van der Waals surface area contributed by atoms with Crippen LogP contribution in [0.1, 0.15) is 16.7 Å². The zero-order valence-electron chi connectivity index (χ0n) is 16.6. The summed E-state index contributed by atoms with van der Waals surface area (Å²) in [4.78, 5) is 13.5. The SMILES string of the molecule is Cc1cc(C)c(-c2nc(Oc3ccccc3)nc(Oc3ccccc3)n2)c(C)c1. The summed E-state index contributed by atoms with van der Waals surface area (Å²) in [5, 5.41) is 0. The number of ether oxygens (including phenoxy) is 2. The van der Waals surface area contributed by atoms with Crippen LogP contribution >= 0.6 is 0 Å². The number of aromatic nitrogens is 3. The standard InChI is InChI=1S/C24H21N3O2/c1-16-14-17(2)21(18(3)15-16)22-25-23(28-19-10-6-4-7-11-19)27-24(26-22)29-20-12-8-5-9-13-20/h4-15H,1-3H3. The van der Waals surface area contributed by atoms with Crippen LogP contribution in [0.25, 0.3) is 11.4 Å². The van der Waals surface area contributed by atoms with E-state index in [0.29, 0.717) is 17.3 Å². The minimum absolute atomic E-state index is 0.187. The van der Waals surface area contributed by atoms with Gasteiger partial charge < -0.3 is 9.47 Å². The molecule has 0 unspecified atom stereocenters. The normalized spacial score (nSPS) is 10.6. The third kappa shape index (κ3) is 4.41. The maximum Gasteiger partial charge on any atom is 0.328 e. The fraction of sp³-hybridized carbons (Fsp3) is 0.125. The van der Waals surface area contributed by atoms with Gasteiger partial charge in [0, 0.05) is 5.56 Å². The summed E-state index contributed by atoms with van der Waals surface area (Å²) in [7, 11) is 0. The van der Waals surface area contributed by atoms with E-state index in [9.17, 15) is 0 Å². The Labute approximate surface area is 170 Å². The molecule has 0 saturated carbocycles. The van der Waals surface area contributed by atoms with Gasteiger partial charge in [0.25, 0.3) is 0 Å². The maximum atomic E-state index is 5.88. The lowest BCUT2D eigenvalue weighted by Gasteiger charge is -2.13. The Morgan fingerprint density at radius 3 is 1.48 bits per heavy atom. The molecule has 0 saturated heterocycles. The lowest BCUT2D eigenvalue weighted by atomic mass is 9.99. The molecule has 4 aromatic rings. The number of para-hydroxylation sites is 2. The van der Waals surface area contributed by atoms with Gasteiger partial charge in [-0.1, -0.05) is 54.1 Å². The van der Waals surface area contributed by atoms with E-state index in [1.54, 1.807) is 0 Å². The second-order valence-corrected chi connectivity index (χ2v) is 6.83. The second-order valence-electron chi connectivity index (χ2n) is 6.83. The zero-order valence-corrected chi connectivity index (χ0v) is 16.6. The van der Waals surface area contributed by atoms with Crippen molar-refractivity contribution in [3.63, 3.8) is 0 Å². The van der Waals surface area contributed by atoms with Gasteiger partial charge in [-0.15, -0.1) is 4.98 Å². The number of hydrogen-bond acceptors (Lipinski definition) is 5. The van der Waals surface area contributed by atoms with E-state index in [1.165, 1.54) is 5.56 Å². The van der Waals surface area contributed by atoms with E-state index in [0.717, 1.165) is 16.7 Å². The molecule has 0 radical (unpaired) electrons. The Kier molecular flexibility index (Phi) is 5.20. The Morgan fingerprint density at radius 1 is 0.586 bits per heavy atom. The molecule has 0 aliphatic heterocycles. The summed E-state index contributed by atoms with van der Waals surface area (Å²) in [6, 6.07) is 23.4. The molecule has 0 bridgehead atoms. The molecule has 0 aliphatic carbocycles. The molecule has 1 heterocycles. The van der Waals surface area contributed by atoms with Gasteiger partial charge in [0.05, 0.1) is 0 Å². The fourth-order valence-electron chi connectivity index (χ4n) is 3.26. The van der Waals surface area contributed by atoms with Crippen molar-refractivity contribution in [2.45, 2.75) is 20.8 Å². The average Bonchev–Trinajstić information content (AvgIpc) is 2.69. The molecule has 0 amide bonds. The van der Waals surface area contributed by atoms with Gasteiger partial charge in [0.2, 0.25) is 0 Å². The zero-order chi connectivity index (χ0) is 20.2. The lowest BCUT2D eigenvalue weighted by molar-refractivity contribution is 0.398. The molecule has 0 fully saturated rings. The molecule has 5 heteroatoms. The Hall–Kier alpha value is -3.73. The van der Waals surface area contributed by atoms with Gasteiger partial charge in [-0.2, -0.15) is 9.97 Å². The first-order valence-electron chi connectivity index (χ1n) is 9.38. The Morgan fingerprint density at radius 2 is 1.03 bits per heavy atom. The molecule has 0 spiro atoms. The van der Waals surface area contributed by atoms with Gasteiger partial charge in [-0.25, -0.2) is 0 Å². The molecule has 5 nitrogen and oxygen atoms in total. The molecule has 1 aromatic heterocycles. The minimum Gasteiger partial charge on any atom is -0.424 e. The molecule has 3 aromatic carbocycles. The van der Waals surface area contributed by atoms with Crippen LogP contribution in [0.4, 0.5) is 0 Å². The first-order chi connectivity index (χ1) is 14.1. The van der Waals surface area contributed by atoms with E-state index >= 15 is 0 Å². The van der Waals surface area contributed by atoms with Crippen LogP contribution in [-0.2, 0) is 0 Å². The number of aryl methyl sites for hydroxylation is 3. The van der Waals surface area contributed by atoms with Gasteiger partial charge in [0.1, 0.15) is 11.5 Å². The Bertz CT molecular complexity index is 1050. The molecule has 0 N–H and O–H groups in total. The highest BCUT2D eigenvalue weighted by Crippen LogP contribution is 2.30. The summed E-state index contributed by atoms with van der Waals surface area (Å²) in [5.74, 6) is 1.81. The lowest BCUT2D eigenvalue weighted by Crippen LogP contribution is -2.03. The third-order valence-electron chi connectivity index (χ3n) is 4.40. The predicted molar refractivity (Wildman–Crippen MR) is 113 cm³/mol. The van der Waals surface area contributed by atoms with Gasteiger partial charge in [-0.3, -0.25) is 0 Å². The highest BCUT2D eigenvalue weighted by molar-refractivity contribution is 5.65. The monoisotopic (exact) mass is 383 g/mol. The van der Waals surface area contributed by atoms with Crippen LogP contribution < -0.4 is 9.47 Å². The number of hydrogen-bond donors (Lipinski definition) is 0. The Balaban J connectivity index is 1.80. The largest absolute Gasteiger partial charge is 0.424 e. The first kappa shape index (κ1) is 18.6. The van der Waals surface area contributed by atoms with E-state index in [-0.39, 0.29) is 12.0 Å². The highest BCUT2D eigenvalue weighted by atomic mass is 16.5. The molecule has 0 aliphatic rings. The van der Waals surface area contributed by atoms with Gasteiger partial charge in [0.15, 0.2) is 5.82 Å². The number of rotatable bonds is 5. The summed E-state index contributed by atoms with van der Waals surface area (Å²) in [6.45, 7) is 6.17. The summed E-state index contributed by atoms with van der Waals surface area (Å²) < 4.78 is 11.8. The van der Waals surface area contributed by atoms with Crippen LogP contribution in [0.2, 0.25) is 0 Å². The molecule has 0 atom stereocenters. The number of nitrogens with zero attached hydrogens (tertiary/aromatic N) is 3. The third-order valence-corrected chi connectivity index (χ3v) is 4.40. The summed E-state index contributed by atoms with van der Waals surface area (Å²) in [5.41, 5.74) is 4.32. The van der Waals surface area contributed by atoms with E-state index in [2.05, 4.69) is 47.9 Å². The summed E-state index contributed by atoms with van der Waals surface area (Å²) >= 11 is 0. The van der Waals surface area contributed by atoms with Crippen LogP contribution in [0.5, 0.6) is 23.5 Å². The van der Waals surface area contributed by atoms with E-state index < -0.39 is 0 Å². The van der Waals surface area contributed by atoms with Gasteiger partial charge >= 0.3 is 12.0 Å². The molecular formula is C24H21N3O2. The van der Waals surface area contributed by atoms with Crippen molar-refractivity contribution in [2.75, 3.05) is 0 Å². The topological polar surface area (TPSA) is 57.1 Å². The first-order valence-corrected chi connectivity index (χ1v) is 9.38. The van der Waals surface area contributed by atoms with Gasteiger partial charge in [-0.05, 0) is 56.2 Å². The van der Waals surface area contributed by atoms with Crippen molar-refractivity contribution in [1.29, 1.82) is 0 Å². The predicted octanol–water partition coefficient (Wildman–Crippen LogP) is 6.05. The van der Waals surface area contributed by atoms with Crippen LogP contribution in [-0.4, -0.2) is 15.0 Å².